The minimum Gasteiger partial charge on any atom is -0.617 e. The second kappa shape index (κ2) is 15.0. The summed E-state index contributed by atoms with van der Waals surface area (Å²) in [4.78, 5) is 55.7. The highest BCUT2D eigenvalue weighted by molar-refractivity contribution is 7.90. The molecule has 0 heterocycles. The molecule has 0 spiro atoms. The maximum absolute atomic E-state index is 14.2. The zero-order chi connectivity index (χ0) is 31.3. The van der Waals surface area contributed by atoms with E-state index in [1.807, 2.05) is 44.2 Å². The molecule has 4 bridgehead atoms. The van der Waals surface area contributed by atoms with Crippen LogP contribution in [0.3, 0.4) is 0 Å². The first kappa shape index (κ1) is 33.4. The molecule has 1 aromatic rings. The van der Waals surface area contributed by atoms with Crippen LogP contribution in [0.4, 0.5) is 0 Å². The molecule has 1 aromatic carbocycles. The minimum atomic E-state index is -1.12. The number of benzene rings is 1. The van der Waals surface area contributed by atoms with Gasteiger partial charge in [-0.15, -0.1) is 0 Å². The molecule has 43 heavy (non-hydrogen) atoms. The summed E-state index contributed by atoms with van der Waals surface area (Å²) in [6, 6.07) is 6.56. The van der Waals surface area contributed by atoms with Gasteiger partial charge < -0.3 is 26.2 Å². The van der Waals surface area contributed by atoms with E-state index in [1.165, 1.54) is 12.7 Å². The molecule has 5 rings (SSSR count). The van der Waals surface area contributed by atoms with Gasteiger partial charge in [-0.05, 0) is 73.7 Å². The third kappa shape index (κ3) is 8.80. The predicted octanol–water partition coefficient (Wildman–Crippen LogP) is 1.48. The Morgan fingerprint density at radius 3 is 2.09 bits per heavy atom. The summed E-state index contributed by atoms with van der Waals surface area (Å²) in [5.41, 5.74) is 13.0. The largest absolute Gasteiger partial charge is 0.617 e. The number of hydrogen-bond donors (Lipinski definition) is 4. The van der Waals surface area contributed by atoms with Crippen molar-refractivity contribution in [2.24, 2.45) is 41.1 Å². The maximum Gasteiger partial charge on any atom is 0.249 e. The summed E-state index contributed by atoms with van der Waals surface area (Å²) >= 11 is -1.12. The molecule has 4 atom stereocenters. The topological polar surface area (TPSA) is 171 Å². The lowest BCUT2D eigenvalue weighted by Crippen LogP contribution is -2.65. The molecule has 0 saturated heterocycles. The molecule has 0 aliphatic heterocycles. The third-order valence-corrected chi connectivity index (χ3v) is 10.3. The Morgan fingerprint density at radius 1 is 0.930 bits per heavy atom. The zero-order valence-corrected chi connectivity index (χ0v) is 26.5. The Bertz CT molecular complexity index is 1100. The minimum absolute atomic E-state index is 0.160. The molecular weight excluding hydrogens is 566 g/mol. The molecule has 4 aliphatic carbocycles. The molecule has 4 saturated carbocycles. The fourth-order valence-electron chi connectivity index (χ4n) is 7.77. The first-order valence-electron chi connectivity index (χ1n) is 15.7. The van der Waals surface area contributed by atoms with Gasteiger partial charge in [-0.1, -0.05) is 55.4 Å². The zero-order valence-electron chi connectivity index (χ0n) is 25.7. The van der Waals surface area contributed by atoms with Crippen molar-refractivity contribution >= 4 is 34.8 Å². The van der Waals surface area contributed by atoms with Gasteiger partial charge in [0.1, 0.15) is 11.8 Å². The second-order valence-corrected chi connectivity index (χ2v) is 15.0. The Balaban J connectivity index is 1.62. The summed E-state index contributed by atoms with van der Waals surface area (Å²) in [5, 5.41) is 5.21. The van der Waals surface area contributed by atoms with Gasteiger partial charge in [0.25, 0.3) is 0 Å². The van der Waals surface area contributed by atoms with E-state index in [-0.39, 0.29) is 54.8 Å². The molecule has 2 unspecified atom stereocenters. The first-order valence-corrected chi connectivity index (χ1v) is 17.4. The quantitative estimate of drug-likeness (QED) is 0.230. The van der Waals surface area contributed by atoms with Crippen LogP contribution < -0.4 is 22.1 Å². The van der Waals surface area contributed by atoms with E-state index < -0.39 is 47.0 Å². The van der Waals surface area contributed by atoms with Crippen molar-refractivity contribution in [3.05, 3.63) is 35.9 Å². The van der Waals surface area contributed by atoms with E-state index in [0.717, 1.165) is 31.2 Å². The molecule has 4 amide bonds. The third-order valence-electron chi connectivity index (χ3n) is 9.47. The van der Waals surface area contributed by atoms with Crippen molar-refractivity contribution in [3.8, 4) is 0 Å². The molecule has 0 radical (unpaired) electrons. The van der Waals surface area contributed by atoms with Crippen molar-refractivity contribution in [2.75, 3.05) is 18.6 Å². The van der Waals surface area contributed by atoms with Crippen LogP contribution in [-0.2, 0) is 36.8 Å². The van der Waals surface area contributed by atoms with Crippen LogP contribution in [0.5, 0.6) is 0 Å². The highest BCUT2D eigenvalue weighted by atomic mass is 32.2. The number of imide groups is 1. The standard InChI is InChI=1S/C32H49N5O5S/c1-19(2)11-26(34)30(39)35-18-28(38)37(29-23-13-21-12-22(15-23)16-24(29)14-21)27(17-20-7-5-4-6-8-20)32(41)36-31(40)25(33)9-10-43(3)42/h4-8,19,21-27,29H,9-18,33-34H2,1-3H3,(H,35,39)(H,36,40,41)/t21?,22?,23?,24?,25?,26-,27-,29?,43?/m0/s1. The van der Waals surface area contributed by atoms with Gasteiger partial charge in [0.15, 0.2) is 0 Å². The van der Waals surface area contributed by atoms with Gasteiger partial charge in [-0.25, -0.2) is 0 Å². The normalized spacial score (nSPS) is 26.8. The Hall–Kier alpha value is -2.47. The van der Waals surface area contributed by atoms with Crippen LogP contribution in [0.1, 0.15) is 64.4 Å². The van der Waals surface area contributed by atoms with Gasteiger partial charge >= 0.3 is 0 Å². The van der Waals surface area contributed by atoms with Crippen molar-refractivity contribution in [1.29, 1.82) is 0 Å². The van der Waals surface area contributed by atoms with Crippen LogP contribution in [0.25, 0.3) is 0 Å². The van der Waals surface area contributed by atoms with E-state index >= 15 is 0 Å². The molecule has 0 aromatic heterocycles. The lowest BCUT2D eigenvalue weighted by Gasteiger charge is -2.58. The van der Waals surface area contributed by atoms with Crippen molar-refractivity contribution in [1.82, 2.24) is 15.5 Å². The van der Waals surface area contributed by atoms with Crippen LogP contribution in [-0.4, -0.2) is 75.8 Å². The SMILES string of the molecule is CC(C)C[C@H](N)C(=O)NCC(=O)N(C1C2CC3CC(C2)CC1C3)[C@@H](Cc1ccccc1)C(=O)NC(=O)C(N)CC[S+](C)[O-]. The lowest BCUT2D eigenvalue weighted by atomic mass is 9.53. The first-order chi connectivity index (χ1) is 20.4. The number of amides is 4. The molecule has 4 fully saturated rings. The Morgan fingerprint density at radius 2 is 1.53 bits per heavy atom. The van der Waals surface area contributed by atoms with Crippen molar-refractivity contribution in [3.63, 3.8) is 0 Å². The van der Waals surface area contributed by atoms with Crippen molar-refractivity contribution in [2.45, 2.75) is 89.4 Å². The molecule has 4 aliphatic rings. The van der Waals surface area contributed by atoms with Crippen LogP contribution in [0, 0.1) is 29.6 Å². The average Bonchev–Trinajstić information content (AvgIpc) is 2.95. The average molecular weight is 616 g/mol. The van der Waals surface area contributed by atoms with Gasteiger partial charge in [0.05, 0.1) is 24.9 Å². The van der Waals surface area contributed by atoms with E-state index in [4.69, 9.17) is 11.5 Å². The molecule has 11 heteroatoms. The van der Waals surface area contributed by atoms with Crippen LogP contribution in [0.2, 0.25) is 0 Å². The summed E-state index contributed by atoms with van der Waals surface area (Å²) in [7, 11) is 0. The number of nitrogens with two attached hydrogens (primary N) is 2. The van der Waals surface area contributed by atoms with Gasteiger partial charge in [0, 0.05) is 18.9 Å². The molecule has 6 N–H and O–H groups in total. The highest BCUT2D eigenvalue weighted by Crippen LogP contribution is 2.55. The fraction of sp³-hybridized carbons (Fsp3) is 0.688. The number of rotatable bonds is 14. The van der Waals surface area contributed by atoms with Gasteiger partial charge in [-0.2, -0.15) is 0 Å². The smallest absolute Gasteiger partial charge is 0.249 e. The Labute approximate surface area is 258 Å². The van der Waals surface area contributed by atoms with Crippen LogP contribution in [0.15, 0.2) is 30.3 Å². The van der Waals surface area contributed by atoms with Gasteiger partial charge in [-0.3, -0.25) is 24.5 Å². The number of carbonyl (C=O) groups excluding carboxylic acids is 4. The monoisotopic (exact) mass is 615 g/mol. The molecular formula is C32H49N5O5S. The van der Waals surface area contributed by atoms with E-state index in [0.29, 0.717) is 18.3 Å². The number of nitrogens with zero attached hydrogens (tertiary/aromatic N) is 1. The number of hydrogen-bond acceptors (Lipinski definition) is 7. The summed E-state index contributed by atoms with van der Waals surface area (Å²) < 4.78 is 11.5. The maximum atomic E-state index is 14.2. The number of carbonyl (C=O) groups is 4. The summed E-state index contributed by atoms with van der Waals surface area (Å²) in [6.07, 6.45) is 7.72. The van der Waals surface area contributed by atoms with E-state index in [2.05, 4.69) is 10.6 Å². The summed E-state index contributed by atoms with van der Waals surface area (Å²) in [5.74, 6) is 0.302. The van der Waals surface area contributed by atoms with Crippen molar-refractivity contribution < 1.29 is 23.7 Å². The molecule has 10 nitrogen and oxygen atoms in total. The Kier molecular flexibility index (Phi) is 11.7. The van der Waals surface area contributed by atoms with Gasteiger partial charge in [0.2, 0.25) is 23.6 Å². The number of nitrogens with one attached hydrogen (secondary N) is 2. The summed E-state index contributed by atoms with van der Waals surface area (Å²) in [6.45, 7) is 3.68. The molecule has 238 valence electrons. The van der Waals surface area contributed by atoms with E-state index in [9.17, 15) is 23.7 Å². The fourth-order valence-corrected chi connectivity index (χ4v) is 8.36. The predicted molar refractivity (Wildman–Crippen MR) is 167 cm³/mol. The second-order valence-electron chi connectivity index (χ2n) is 13.4. The van der Waals surface area contributed by atoms with E-state index in [1.54, 1.807) is 4.90 Å². The lowest BCUT2D eigenvalue weighted by molar-refractivity contribution is -0.155. The van der Waals surface area contributed by atoms with Crippen LogP contribution >= 0.6 is 0 Å². The highest BCUT2D eigenvalue weighted by Gasteiger charge is 2.53.